The SMILES string of the molecule is CC(C)(C)c1cc(I)c(N)c(C#CC#Cc2cc(C(C)(C)C)cc(I)c2N)c1. The molecule has 28 heavy (non-hydrogen) atoms. The summed E-state index contributed by atoms with van der Waals surface area (Å²) in [5.41, 5.74) is 18.0. The van der Waals surface area contributed by atoms with Crippen LogP contribution < -0.4 is 11.5 Å². The summed E-state index contributed by atoms with van der Waals surface area (Å²) in [6.07, 6.45) is 0. The summed E-state index contributed by atoms with van der Waals surface area (Å²) in [6, 6.07) is 8.36. The predicted molar refractivity (Wildman–Crippen MR) is 138 cm³/mol. The van der Waals surface area contributed by atoms with Crippen LogP contribution in [-0.2, 0) is 10.8 Å². The number of halogens is 2. The van der Waals surface area contributed by atoms with Crippen molar-refractivity contribution >= 4 is 56.6 Å². The maximum atomic E-state index is 6.22. The van der Waals surface area contributed by atoms with Crippen LogP contribution in [0, 0.1) is 30.8 Å². The van der Waals surface area contributed by atoms with Gasteiger partial charge in [-0.15, -0.1) is 0 Å². The summed E-state index contributed by atoms with van der Waals surface area (Å²) in [5, 5.41) is 0. The Morgan fingerprint density at radius 2 is 0.964 bits per heavy atom. The summed E-state index contributed by atoms with van der Waals surface area (Å²) in [4.78, 5) is 0. The van der Waals surface area contributed by atoms with E-state index in [0.717, 1.165) is 18.3 Å². The molecule has 0 bridgehead atoms. The molecule has 0 radical (unpaired) electrons. The number of nitrogen functional groups attached to an aromatic ring is 2. The standard InChI is InChI=1S/C24H26I2N2/c1-23(2,3)17-11-15(21(27)19(25)13-17)9-7-8-10-16-12-18(24(4,5)6)14-20(26)22(16)28/h11-14H,27-28H2,1-6H3. The van der Waals surface area contributed by atoms with E-state index in [1.807, 2.05) is 0 Å². The van der Waals surface area contributed by atoms with Crippen molar-refractivity contribution in [2.45, 2.75) is 52.4 Å². The fourth-order valence-electron chi connectivity index (χ4n) is 2.51. The highest BCUT2D eigenvalue weighted by atomic mass is 127. The second-order valence-electron chi connectivity index (χ2n) is 8.84. The summed E-state index contributed by atoms with van der Waals surface area (Å²) >= 11 is 4.52. The highest BCUT2D eigenvalue weighted by molar-refractivity contribution is 14.1. The van der Waals surface area contributed by atoms with Gasteiger partial charge >= 0.3 is 0 Å². The summed E-state index contributed by atoms with van der Waals surface area (Å²) < 4.78 is 2.03. The fourth-order valence-corrected chi connectivity index (χ4v) is 3.76. The molecule has 0 aliphatic heterocycles. The first-order valence-corrected chi connectivity index (χ1v) is 11.2. The van der Waals surface area contributed by atoms with Crippen LogP contribution in [0.2, 0.25) is 0 Å². The number of benzene rings is 2. The third-order valence-electron chi connectivity index (χ3n) is 4.45. The molecule has 4 heteroatoms. The second-order valence-corrected chi connectivity index (χ2v) is 11.2. The molecule has 146 valence electrons. The minimum Gasteiger partial charge on any atom is -0.397 e. The van der Waals surface area contributed by atoms with Crippen molar-refractivity contribution in [1.82, 2.24) is 0 Å². The lowest BCUT2D eigenvalue weighted by Crippen LogP contribution is -2.12. The Balaban J connectivity index is 2.44. The van der Waals surface area contributed by atoms with Crippen LogP contribution in [0.5, 0.6) is 0 Å². The molecule has 0 atom stereocenters. The predicted octanol–water partition coefficient (Wildman–Crippen LogP) is 6.06. The molecule has 0 heterocycles. The third kappa shape index (κ3) is 5.58. The number of rotatable bonds is 0. The molecule has 0 spiro atoms. The second kappa shape index (κ2) is 8.55. The molecule has 2 aromatic carbocycles. The number of anilines is 2. The van der Waals surface area contributed by atoms with E-state index in [0.29, 0.717) is 11.4 Å². The average Bonchev–Trinajstić information content (AvgIpc) is 2.56. The van der Waals surface area contributed by atoms with Crippen LogP contribution in [-0.4, -0.2) is 0 Å². The molecular weight excluding hydrogens is 570 g/mol. The van der Waals surface area contributed by atoms with Crippen molar-refractivity contribution in [2.24, 2.45) is 0 Å². The Hall–Kier alpha value is -1.38. The van der Waals surface area contributed by atoms with E-state index < -0.39 is 0 Å². The normalized spacial score (nSPS) is 11.3. The Bertz CT molecular complexity index is 946. The van der Waals surface area contributed by atoms with Crippen molar-refractivity contribution in [3.05, 3.63) is 53.7 Å². The minimum atomic E-state index is 0.0360. The first kappa shape index (κ1) is 22.9. The van der Waals surface area contributed by atoms with Crippen LogP contribution in [0.3, 0.4) is 0 Å². The molecule has 2 aromatic rings. The summed E-state index contributed by atoms with van der Waals surface area (Å²) in [7, 11) is 0. The quantitative estimate of drug-likeness (QED) is 0.221. The minimum absolute atomic E-state index is 0.0360. The topological polar surface area (TPSA) is 52.0 Å². The van der Waals surface area contributed by atoms with E-state index in [9.17, 15) is 0 Å². The van der Waals surface area contributed by atoms with Gasteiger partial charge in [0, 0.05) is 18.3 Å². The van der Waals surface area contributed by atoms with E-state index in [1.54, 1.807) is 0 Å². The van der Waals surface area contributed by atoms with Crippen LogP contribution >= 0.6 is 45.2 Å². The number of hydrogen-bond donors (Lipinski definition) is 2. The van der Waals surface area contributed by atoms with E-state index in [1.165, 1.54) is 11.1 Å². The maximum absolute atomic E-state index is 6.22. The van der Waals surface area contributed by atoms with Gasteiger partial charge in [-0.05, 0) is 103 Å². The molecule has 0 saturated heterocycles. The Morgan fingerprint density at radius 3 is 1.25 bits per heavy atom. The van der Waals surface area contributed by atoms with Crippen LogP contribution in [0.25, 0.3) is 0 Å². The van der Waals surface area contributed by atoms with E-state index in [4.69, 9.17) is 11.5 Å². The number of hydrogen-bond acceptors (Lipinski definition) is 2. The zero-order valence-electron chi connectivity index (χ0n) is 17.2. The first-order valence-electron chi connectivity index (χ1n) is 9.01. The van der Waals surface area contributed by atoms with Gasteiger partial charge in [0.1, 0.15) is 0 Å². The van der Waals surface area contributed by atoms with Gasteiger partial charge in [0.05, 0.1) is 11.4 Å². The van der Waals surface area contributed by atoms with E-state index in [2.05, 4.69) is 135 Å². The van der Waals surface area contributed by atoms with E-state index in [-0.39, 0.29) is 10.8 Å². The third-order valence-corrected chi connectivity index (χ3v) is 6.23. The van der Waals surface area contributed by atoms with E-state index >= 15 is 0 Å². The van der Waals surface area contributed by atoms with Gasteiger partial charge < -0.3 is 11.5 Å². The average molecular weight is 596 g/mol. The Morgan fingerprint density at radius 1 is 0.643 bits per heavy atom. The molecule has 0 fully saturated rings. The monoisotopic (exact) mass is 596 g/mol. The van der Waals surface area contributed by atoms with Crippen molar-refractivity contribution < 1.29 is 0 Å². The molecule has 0 unspecified atom stereocenters. The molecule has 2 rings (SSSR count). The van der Waals surface area contributed by atoms with Gasteiger partial charge in [0.2, 0.25) is 0 Å². The lowest BCUT2D eigenvalue weighted by Gasteiger charge is -2.20. The van der Waals surface area contributed by atoms with Gasteiger partial charge in [-0.3, -0.25) is 0 Å². The fraction of sp³-hybridized carbons (Fsp3) is 0.333. The molecular formula is C24H26I2N2. The van der Waals surface area contributed by atoms with Crippen molar-refractivity contribution in [2.75, 3.05) is 11.5 Å². The first-order chi connectivity index (χ1) is 12.8. The van der Waals surface area contributed by atoms with Crippen LogP contribution in [0.15, 0.2) is 24.3 Å². The van der Waals surface area contributed by atoms with Gasteiger partial charge in [0.15, 0.2) is 0 Å². The zero-order chi connectivity index (χ0) is 21.3. The Labute approximate surface area is 196 Å². The lowest BCUT2D eigenvalue weighted by atomic mass is 9.86. The summed E-state index contributed by atoms with van der Waals surface area (Å²) in [6.45, 7) is 13.1. The van der Waals surface area contributed by atoms with Gasteiger partial charge in [-0.2, -0.15) is 0 Å². The molecule has 0 aromatic heterocycles. The Kier molecular flexibility index (Phi) is 6.99. The zero-order valence-corrected chi connectivity index (χ0v) is 21.5. The molecule has 2 nitrogen and oxygen atoms in total. The molecule has 0 aliphatic carbocycles. The van der Waals surface area contributed by atoms with Gasteiger partial charge in [-0.25, -0.2) is 0 Å². The van der Waals surface area contributed by atoms with Gasteiger partial charge in [-0.1, -0.05) is 53.4 Å². The largest absolute Gasteiger partial charge is 0.397 e. The molecule has 0 aliphatic rings. The van der Waals surface area contributed by atoms with Crippen molar-refractivity contribution in [3.63, 3.8) is 0 Å². The van der Waals surface area contributed by atoms with Crippen LogP contribution in [0.1, 0.15) is 63.8 Å². The van der Waals surface area contributed by atoms with Crippen molar-refractivity contribution in [3.8, 4) is 23.7 Å². The molecule has 0 amide bonds. The lowest BCUT2D eigenvalue weighted by molar-refractivity contribution is 0.589. The van der Waals surface area contributed by atoms with Crippen molar-refractivity contribution in [1.29, 1.82) is 0 Å². The van der Waals surface area contributed by atoms with Crippen LogP contribution in [0.4, 0.5) is 11.4 Å². The molecule has 4 N–H and O–H groups in total. The number of nitrogens with two attached hydrogens (primary N) is 2. The smallest absolute Gasteiger partial charge is 0.0609 e. The highest BCUT2D eigenvalue weighted by Crippen LogP contribution is 2.30. The highest BCUT2D eigenvalue weighted by Gasteiger charge is 2.17. The van der Waals surface area contributed by atoms with Gasteiger partial charge in [0.25, 0.3) is 0 Å². The maximum Gasteiger partial charge on any atom is 0.0609 e. The summed E-state index contributed by atoms with van der Waals surface area (Å²) in [5.74, 6) is 12.1. The molecule has 0 saturated carbocycles.